The highest BCUT2D eigenvalue weighted by Gasteiger charge is 2.23. The number of carbonyl (C=O) groups excluding carboxylic acids is 2. The standard InChI is InChI=1S/C18H21N5O2/c1-23(2)16(24)14-11-7-6-10-13(14)15(12-8-4-3-5-9-12)21-18(25)22-17(19)20/h3-11,15H,1-2H3,(H5,19,20,21,22,25). The number of amides is 3. The average molecular weight is 339 g/mol. The van der Waals surface area contributed by atoms with Crippen molar-refractivity contribution in [2.45, 2.75) is 6.04 Å². The molecule has 0 aliphatic heterocycles. The molecular weight excluding hydrogens is 318 g/mol. The van der Waals surface area contributed by atoms with Gasteiger partial charge >= 0.3 is 6.03 Å². The zero-order valence-corrected chi connectivity index (χ0v) is 14.1. The van der Waals surface area contributed by atoms with Crippen LogP contribution in [0.3, 0.4) is 0 Å². The monoisotopic (exact) mass is 339 g/mol. The van der Waals surface area contributed by atoms with Crippen molar-refractivity contribution >= 4 is 17.9 Å². The lowest BCUT2D eigenvalue weighted by molar-refractivity contribution is 0.0826. The van der Waals surface area contributed by atoms with Crippen LogP contribution >= 0.6 is 0 Å². The molecule has 5 N–H and O–H groups in total. The normalized spacial score (nSPS) is 11.3. The molecular formula is C18H21N5O2. The van der Waals surface area contributed by atoms with Gasteiger partial charge in [-0.25, -0.2) is 4.79 Å². The van der Waals surface area contributed by atoms with E-state index in [9.17, 15) is 9.59 Å². The highest BCUT2D eigenvalue weighted by atomic mass is 16.2. The zero-order valence-electron chi connectivity index (χ0n) is 14.1. The van der Waals surface area contributed by atoms with E-state index in [-0.39, 0.29) is 11.9 Å². The van der Waals surface area contributed by atoms with Gasteiger partial charge in [-0.15, -0.1) is 0 Å². The second-order valence-corrected chi connectivity index (χ2v) is 5.62. The molecule has 7 nitrogen and oxygen atoms in total. The molecule has 0 aromatic heterocycles. The summed E-state index contributed by atoms with van der Waals surface area (Å²) in [7, 11) is 3.35. The van der Waals surface area contributed by atoms with E-state index in [1.165, 1.54) is 4.90 Å². The lowest BCUT2D eigenvalue weighted by Crippen LogP contribution is -2.33. The zero-order chi connectivity index (χ0) is 18.4. The molecule has 3 amide bonds. The van der Waals surface area contributed by atoms with Crippen molar-refractivity contribution in [1.82, 2.24) is 10.2 Å². The van der Waals surface area contributed by atoms with Crippen molar-refractivity contribution in [3.63, 3.8) is 0 Å². The van der Waals surface area contributed by atoms with Crippen LogP contribution in [0, 0.1) is 0 Å². The highest BCUT2D eigenvalue weighted by Crippen LogP contribution is 2.26. The number of urea groups is 1. The smallest absolute Gasteiger partial charge is 0.344 e. The fourth-order valence-corrected chi connectivity index (χ4v) is 2.44. The predicted octanol–water partition coefficient (Wildman–Crippen LogP) is 1.46. The number of carbonyl (C=O) groups is 2. The number of benzene rings is 2. The van der Waals surface area contributed by atoms with E-state index in [0.29, 0.717) is 11.1 Å². The number of rotatable bonds is 4. The lowest BCUT2D eigenvalue weighted by atomic mass is 9.94. The SMILES string of the molecule is CN(C)C(=O)c1ccccc1C(NC(=O)N=C(N)N)c1ccccc1. The molecule has 0 heterocycles. The molecule has 0 fully saturated rings. The van der Waals surface area contributed by atoms with Gasteiger partial charge in [0.1, 0.15) is 0 Å². The molecule has 0 radical (unpaired) electrons. The van der Waals surface area contributed by atoms with Gasteiger partial charge in [-0.2, -0.15) is 4.99 Å². The number of nitrogens with two attached hydrogens (primary N) is 2. The van der Waals surface area contributed by atoms with Gasteiger partial charge in [0, 0.05) is 19.7 Å². The van der Waals surface area contributed by atoms with E-state index >= 15 is 0 Å². The van der Waals surface area contributed by atoms with Crippen molar-refractivity contribution in [3.05, 3.63) is 71.3 Å². The summed E-state index contributed by atoms with van der Waals surface area (Å²) in [6.07, 6.45) is 0. The molecule has 0 bridgehead atoms. The maximum Gasteiger partial charge on any atom is 0.344 e. The molecule has 0 aliphatic carbocycles. The Hall–Kier alpha value is -3.35. The fraction of sp³-hybridized carbons (Fsp3) is 0.167. The van der Waals surface area contributed by atoms with E-state index < -0.39 is 12.1 Å². The van der Waals surface area contributed by atoms with Crippen LogP contribution in [0.4, 0.5) is 4.79 Å². The Morgan fingerprint density at radius 1 is 1.00 bits per heavy atom. The van der Waals surface area contributed by atoms with E-state index in [1.807, 2.05) is 36.4 Å². The topological polar surface area (TPSA) is 114 Å². The van der Waals surface area contributed by atoms with Crippen LogP contribution in [0.1, 0.15) is 27.5 Å². The third-order valence-corrected chi connectivity index (χ3v) is 3.54. The summed E-state index contributed by atoms with van der Waals surface area (Å²) in [4.78, 5) is 29.6. The third-order valence-electron chi connectivity index (χ3n) is 3.54. The van der Waals surface area contributed by atoms with Gasteiger partial charge in [-0.05, 0) is 17.2 Å². The molecule has 1 atom stereocenters. The largest absolute Gasteiger partial charge is 0.370 e. The summed E-state index contributed by atoms with van der Waals surface area (Å²) < 4.78 is 0. The molecule has 0 saturated carbocycles. The van der Waals surface area contributed by atoms with E-state index in [1.54, 1.807) is 32.3 Å². The number of hydrogen-bond donors (Lipinski definition) is 3. The minimum atomic E-state index is -0.680. The summed E-state index contributed by atoms with van der Waals surface area (Å²) in [5.41, 5.74) is 12.5. The Labute approximate surface area is 146 Å². The number of aliphatic imine (C=N–C) groups is 1. The maximum absolute atomic E-state index is 12.5. The first-order valence-corrected chi connectivity index (χ1v) is 7.65. The molecule has 2 aromatic carbocycles. The van der Waals surface area contributed by atoms with Gasteiger partial charge in [-0.3, -0.25) is 4.79 Å². The molecule has 130 valence electrons. The van der Waals surface area contributed by atoms with Gasteiger partial charge < -0.3 is 21.7 Å². The number of nitrogens with zero attached hydrogens (tertiary/aromatic N) is 2. The van der Waals surface area contributed by atoms with Crippen LogP contribution in [0.15, 0.2) is 59.6 Å². The minimum Gasteiger partial charge on any atom is -0.370 e. The van der Waals surface area contributed by atoms with Crippen LogP contribution in [0.2, 0.25) is 0 Å². The summed E-state index contributed by atoms with van der Waals surface area (Å²) in [6.45, 7) is 0. The number of hydrogen-bond acceptors (Lipinski definition) is 2. The van der Waals surface area contributed by atoms with Crippen molar-refractivity contribution in [1.29, 1.82) is 0 Å². The molecule has 0 saturated heterocycles. The summed E-state index contributed by atoms with van der Waals surface area (Å²) in [6, 6.07) is 15.1. The molecule has 2 rings (SSSR count). The predicted molar refractivity (Wildman–Crippen MR) is 97.1 cm³/mol. The van der Waals surface area contributed by atoms with Crippen LogP contribution in [0.25, 0.3) is 0 Å². The van der Waals surface area contributed by atoms with Crippen LogP contribution in [-0.4, -0.2) is 36.9 Å². The van der Waals surface area contributed by atoms with Crippen LogP contribution < -0.4 is 16.8 Å². The van der Waals surface area contributed by atoms with Crippen molar-refractivity contribution < 1.29 is 9.59 Å². The quantitative estimate of drug-likeness (QED) is 0.578. The molecule has 7 heteroatoms. The Bertz CT molecular complexity index is 783. The maximum atomic E-state index is 12.5. The molecule has 25 heavy (non-hydrogen) atoms. The second kappa shape index (κ2) is 7.96. The fourth-order valence-electron chi connectivity index (χ4n) is 2.44. The van der Waals surface area contributed by atoms with Gasteiger partial charge in [0.15, 0.2) is 5.96 Å². The summed E-state index contributed by atoms with van der Waals surface area (Å²) in [5.74, 6) is -0.491. The van der Waals surface area contributed by atoms with Crippen molar-refractivity contribution in [2.75, 3.05) is 14.1 Å². The number of nitrogens with one attached hydrogen (secondary N) is 1. The Morgan fingerprint density at radius 2 is 1.60 bits per heavy atom. The average Bonchev–Trinajstić information content (AvgIpc) is 2.59. The Morgan fingerprint density at radius 3 is 2.20 bits per heavy atom. The molecule has 0 aliphatic rings. The molecule has 1 unspecified atom stereocenters. The minimum absolute atomic E-state index is 0.160. The first-order valence-electron chi connectivity index (χ1n) is 7.65. The highest BCUT2D eigenvalue weighted by molar-refractivity contribution is 5.96. The summed E-state index contributed by atoms with van der Waals surface area (Å²) in [5, 5.41) is 2.76. The van der Waals surface area contributed by atoms with Gasteiger partial charge in [0.2, 0.25) is 0 Å². The van der Waals surface area contributed by atoms with Gasteiger partial charge in [0.25, 0.3) is 5.91 Å². The van der Waals surface area contributed by atoms with Crippen molar-refractivity contribution in [3.8, 4) is 0 Å². The first-order chi connectivity index (χ1) is 11.9. The first kappa shape index (κ1) is 18.0. The second-order valence-electron chi connectivity index (χ2n) is 5.62. The van der Waals surface area contributed by atoms with Crippen LogP contribution in [0.5, 0.6) is 0 Å². The van der Waals surface area contributed by atoms with E-state index in [4.69, 9.17) is 11.5 Å². The Balaban J connectivity index is 2.52. The van der Waals surface area contributed by atoms with Gasteiger partial charge in [-0.1, -0.05) is 48.5 Å². The number of guanidine groups is 1. The van der Waals surface area contributed by atoms with Crippen molar-refractivity contribution in [2.24, 2.45) is 16.5 Å². The van der Waals surface area contributed by atoms with E-state index in [0.717, 1.165) is 5.56 Å². The van der Waals surface area contributed by atoms with Crippen LogP contribution in [-0.2, 0) is 0 Å². The lowest BCUT2D eigenvalue weighted by Gasteiger charge is -2.22. The Kier molecular flexibility index (Phi) is 5.73. The van der Waals surface area contributed by atoms with E-state index in [2.05, 4.69) is 10.3 Å². The third kappa shape index (κ3) is 4.57. The molecule has 2 aromatic rings. The summed E-state index contributed by atoms with van der Waals surface area (Å²) >= 11 is 0. The van der Waals surface area contributed by atoms with Gasteiger partial charge in [0.05, 0.1) is 6.04 Å². The molecule has 0 spiro atoms.